The molecule has 13 nitrogen and oxygen atoms in total. The molecule has 0 aromatic rings. The van der Waals surface area contributed by atoms with Crippen molar-refractivity contribution in [2.75, 3.05) is 0 Å². The third kappa shape index (κ3) is 7.15. The van der Waals surface area contributed by atoms with Crippen LogP contribution in [0.3, 0.4) is 0 Å². The van der Waals surface area contributed by atoms with Crippen molar-refractivity contribution >= 4 is 35.6 Å². The number of ether oxygens (including phenoxy) is 5. The average molecular weight is 665 g/mol. The molecule has 1 heterocycles. The molecule has 2 fully saturated rings. The molecule has 47 heavy (non-hydrogen) atoms. The van der Waals surface area contributed by atoms with Gasteiger partial charge in [-0.3, -0.25) is 14.4 Å². The van der Waals surface area contributed by atoms with E-state index in [0.29, 0.717) is 12.8 Å². The lowest BCUT2D eigenvalue weighted by Gasteiger charge is -2.41. The number of esters is 5. The van der Waals surface area contributed by atoms with E-state index in [4.69, 9.17) is 23.7 Å². The molecule has 3 rings (SSSR count). The number of unbranched alkanes of at least 4 members (excludes halogenated alkanes) is 3. The lowest BCUT2D eigenvalue weighted by atomic mass is 9.75. The van der Waals surface area contributed by atoms with Gasteiger partial charge in [0.15, 0.2) is 29.5 Å². The molecular formula is C34H48O13. The summed E-state index contributed by atoms with van der Waals surface area (Å²) in [5, 5.41) is 23.8. The number of ketones is 1. The molecule has 0 aromatic heterocycles. The minimum absolute atomic E-state index is 0.0283. The number of rotatable bonds is 13. The van der Waals surface area contributed by atoms with Crippen LogP contribution in [0.2, 0.25) is 0 Å². The Kier molecular flexibility index (Phi) is 11.8. The van der Waals surface area contributed by atoms with Crippen LogP contribution in [0.15, 0.2) is 22.8 Å². The fourth-order valence-corrected chi connectivity index (χ4v) is 6.82. The number of hydrogen-bond acceptors (Lipinski definition) is 13. The van der Waals surface area contributed by atoms with Crippen LogP contribution in [0.1, 0.15) is 107 Å². The molecule has 2 aliphatic carbocycles. The van der Waals surface area contributed by atoms with Crippen molar-refractivity contribution < 1.29 is 62.7 Å². The third-order valence-electron chi connectivity index (χ3n) is 9.49. The summed E-state index contributed by atoms with van der Waals surface area (Å²) >= 11 is 0. The van der Waals surface area contributed by atoms with Crippen LogP contribution in [-0.4, -0.2) is 87.1 Å². The van der Waals surface area contributed by atoms with Crippen LogP contribution in [0.25, 0.3) is 0 Å². The van der Waals surface area contributed by atoms with Gasteiger partial charge >= 0.3 is 29.8 Å². The molecule has 262 valence electrons. The topological polar surface area (TPSA) is 189 Å². The van der Waals surface area contributed by atoms with Crippen LogP contribution in [0.4, 0.5) is 0 Å². The minimum Gasteiger partial charge on any atom is -0.459 e. The summed E-state index contributed by atoms with van der Waals surface area (Å²) in [4.78, 5) is 78.0. The summed E-state index contributed by atoms with van der Waals surface area (Å²) in [6.45, 7) is 11.9. The predicted octanol–water partition coefficient (Wildman–Crippen LogP) is 3.11. The Morgan fingerprint density at radius 3 is 2.17 bits per heavy atom. The summed E-state index contributed by atoms with van der Waals surface area (Å²) in [5.74, 6) is -6.90. The zero-order chi connectivity index (χ0) is 35.5. The van der Waals surface area contributed by atoms with Crippen molar-refractivity contribution in [1.29, 1.82) is 0 Å². The first-order chi connectivity index (χ1) is 21.9. The van der Waals surface area contributed by atoms with Crippen LogP contribution in [-0.2, 0) is 52.5 Å². The number of allylic oxidation sites excluding steroid dienone is 1. The van der Waals surface area contributed by atoms with Gasteiger partial charge in [0.1, 0.15) is 11.7 Å². The smallest absolute Gasteiger partial charge is 0.375 e. The minimum atomic E-state index is -2.64. The lowest BCUT2D eigenvalue weighted by molar-refractivity contribution is -0.212. The van der Waals surface area contributed by atoms with Crippen molar-refractivity contribution in [3.05, 3.63) is 22.8 Å². The van der Waals surface area contributed by atoms with E-state index < -0.39 is 89.2 Å². The SMILES string of the molecule is C/C=C(/C)C(=O)O[C@H]1C(C)=C2[C@H]([C@@H]1OC(=O)C(=O)CCCCCC)[C@@](C)(OC(C)=O)C[C@H](OC(=O)CCC)[C@@]1(O)[C@H]2OC(=O)[C@@]1(C)O. The molecule has 8 atom stereocenters. The molecular weight excluding hydrogens is 616 g/mol. The second kappa shape index (κ2) is 14.7. The summed E-state index contributed by atoms with van der Waals surface area (Å²) in [6, 6.07) is 0. The van der Waals surface area contributed by atoms with Gasteiger partial charge in [-0.15, -0.1) is 0 Å². The molecule has 0 amide bonds. The lowest BCUT2D eigenvalue weighted by Crippen LogP contribution is -2.64. The van der Waals surface area contributed by atoms with Crippen molar-refractivity contribution in [2.45, 2.75) is 148 Å². The molecule has 3 aliphatic rings. The first-order valence-corrected chi connectivity index (χ1v) is 16.2. The molecule has 1 saturated heterocycles. The Morgan fingerprint density at radius 2 is 1.60 bits per heavy atom. The molecule has 0 spiro atoms. The van der Waals surface area contributed by atoms with Gasteiger partial charge in [-0.2, -0.15) is 0 Å². The van der Waals surface area contributed by atoms with E-state index in [-0.39, 0.29) is 29.6 Å². The predicted molar refractivity (Wildman–Crippen MR) is 164 cm³/mol. The van der Waals surface area contributed by atoms with Crippen molar-refractivity contribution in [2.24, 2.45) is 5.92 Å². The van der Waals surface area contributed by atoms with Gasteiger partial charge in [0.05, 0.1) is 5.92 Å². The summed E-state index contributed by atoms with van der Waals surface area (Å²) in [5.41, 5.74) is -6.67. The average Bonchev–Trinajstić information content (AvgIpc) is 3.32. The Labute approximate surface area is 275 Å². The Hall–Kier alpha value is -3.58. The van der Waals surface area contributed by atoms with E-state index in [1.165, 1.54) is 26.8 Å². The maximum atomic E-state index is 13.3. The maximum Gasteiger partial charge on any atom is 0.375 e. The number of hydrogen-bond donors (Lipinski definition) is 2. The fraction of sp³-hybridized carbons (Fsp3) is 0.706. The fourth-order valence-electron chi connectivity index (χ4n) is 6.82. The molecule has 2 N–H and O–H groups in total. The molecule has 1 saturated carbocycles. The highest BCUT2D eigenvalue weighted by atomic mass is 16.6. The van der Waals surface area contributed by atoms with E-state index in [0.717, 1.165) is 33.1 Å². The number of fused-ring (bicyclic) bond motifs is 3. The summed E-state index contributed by atoms with van der Waals surface area (Å²) in [7, 11) is 0. The quantitative estimate of drug-likeness (QED) is 0.0730. The zero-order valence-corrected chi connectivity index (χ0v) is 28.5. The highest BCUT2D eigenvalue weighted by molar-refractivity contribution is 6.33. The maximum absolute atomic E-state index is 13.3. The number of Topliss-reactive ketones (excluding diaryl/α,β-unsaturated/α-hetero) is 1. The Balaban J connectivity index is 2.26. The van der Waals surface area contributed by atoms with Crippen LogP contribution >= 0.6 is 0 Å². The highest BCUT2D eigenvalue weighted by Gasteiger charge is 2.76. The van der Waals surface area contributed by atoms with Gasteiger partial charge < -0.3 is 33.9 Å². The van der Waals surface area contributed by atoms with Gasteiger partial charge in [0, 0.05) is 31.8 Å². The van der Waals surface area contributed by atoms with E-state index >= 15 is 0 Å². The molecule has 0 aromatic carbocycles. The summed E-state index contributed by atoms with van der Waals surface area (Å²) < 4.78 is 28.9. The van der Waals surface area contributed by atoms with E-state index in [9.17, 15) is 39.0 Å². The number of carbonyl (C=O) groups excluding carboxylic acids is 6. The first kappa shape index (κ1) is 37.9. The second-order valence-electron chi connectivity index (χ2n) is 13.0. The van der Waals surface area contributed by atoms with Crippen molar-refractivity contribution in [3.8, 4) is 0 Å². The largest absolute Gasteiger partial charge is 0.459 e. The highest BCUT2D eigenvalue weighted by Crippen LogP contribution is 2.57. The van der Waals surface area contributed by atoms with Gasteiger partial charge in [-0.25, -0.2) is 14.4 Å². The standard InChI is InChI=1S/C34H48O13/c1-9-12-13-14-16-21(36)30(39)45-27-25-24(19(5)26(27)44-29(38)18(4)11-3)28-34(42,33(8,41)31(40)46-28)22(43-23(37)15-10-2)17-32(25,7)47-20(6)35/h11,22,25-28,41-42H,9-10,12-17H2,1-8H3/b18-11-/t22-,25+,26-,27-,28-,32-,33+,34+/m0/s1. The Bertz CT molecular complexity index is 1340. The van der Waals surface area contributed by atoms with Crippen LogP contribution in [0, 0.1) is 5.92 Å². The van der Waals surface area contributed by atoms with Gasteiger partial charge in [0.25, 0.3) is 0 Å². The Morgan fingerprint density at radius 1 is 0.936 bits per heavy atom. The molecule has 0 radical (unpaired) electrons. The van der Waals surface area contributed by atoms with Gasteiger partial charge in [-0.05, 0) is 58.6 Å². The van der Waals surface area contributed by atoms with E-state index in [2.05, 4.69) is 0 Å². The summed E-state index contributed by atoms with van der Waals surface area (Å²) in [6.07, 6.45) is -2.11. The van der Waals surface area contributed by atoms with E-state index in [1.54, 1.807) is 13.8 Å². The molecule has 0 unspecified atom stereocenters. The van der Waals surface area contributed by atoms with Crippen LogP contribution < -0.4 is 0 Å². The van der Waals surface area contributed by atoms with Crippen molar-refractivity contribution in [1.82, 2.24) is 0 Å². The molecule has 1 aliphatic heterocycles. The van der Waals surface area contributed by atoms with E-state index in [1.807, 2.05) is 6.92 Å². The van der Waals surface area contributed by atoms with Crippen molar-refractivity contribution in [3.63, 3.8) is 0 Å². The zero-order valence-electron chi connectivity index (χ0n) is 28.5. The monoisotopic (exact) mass is 664 g/mol. The van der Waals surface area contributed by atoms with Gasteiger partial charge in [-0.1, -0.05) is 39.2 Å². The third-order valence-corrected chi connectivity index (χ3v) is 9.49. The van der Waals surface area contributed by atoms with Crippen LogP contribution in [0.5, 0.6) is 0 Å². The molecule has 13 heteroatoms. The molecule has 0 bridgehead atoms. The normalized spacial score (nSPS) is 33.3. The van der Waals surface area contributed by atoms with Gasteiger partial charge in [0.2, 0.25) is 5.78 Å². The second-order valence-corrected chi connectivity index (χ2v) is 13.0. The first-order valence-electron chi connectivity index (χ1n) is 16.2. The number of aliphatic hydroxyl groups is 2. The number of carbonyl (C=O) groups is 6.